The minimum absolute atomic E-state index is 0.00407. The fraction of sp³-hybridized carbons (Fsp3) is 0.0714. The highest BCUT2D eigenvalue weighted by Crippen LogP contribution is 2.24. The van der Waals surface area contributed by atoms with E-state index in [0.29, 0.717) is 4.90 Å². The lowest BCUT2D eigenvalue weighted by molar-refractivity contribution is 0.102. The summed E-state index contributed by atoms with van der Waals surface area (Å²) in [7, 11) is 0. The van der Waals surface area contributed by atoms with Crippen molar-refractivity contribution in [3.05, 3.63) is 64.7 Å². The molecule has 19 heavy (non-hydrogen) atoms. The number of benzene rings is 2. The number of hydrogen-bond donors (Lipinski definition) is 0. The average Bonchev–Trinajstić information content (AvgIpc) is 2.40. The van der Waals surface area contributed by atoms with Crippen LogP contribution in [0.4, 0.5) is 8.78 Å². The third kappa shape index (κ3) is 3.55. The number of carbonyl (C=O) groups is 1. The van der Waals surface area contributed by atoms with Gasteiger partial charge in [0, 0.05) is 10.5 Å². The monoisotopic (exact) mass is 298 g/mol. The summed E-state index contributed by atoms with van der Waals surface area (Å²) in [5, 5.41) is 0.195. The quantitative estimate of drug-likeness (QED) is 0.606. The van der Waals surface area contributed by atoms with E-state index >= 15 is 0 Å². The number of ketones is 1. The average molecular weight is 299 g/mol. The lowest BCUT2D eigenvalue weighted by Crippen LogP contribution is -2.04. The molecule has 0 heterocycles. The molecule has 0 spiro atoms. The second-order valence-electron chi connectivity index (χ2n) is 3.77. The van der Waals surface area contributed by atoms with E-state index < -0.39 is 5.82 Å². The molecule has 0 aliphatic heterocycles. The molecule has 0 saturated heterocycles. The van der Waals surface area contributed by atoms with E-state index in [1.807, 2.05) is 0 Å². The largest absolute Gasteiger partial charge is 0.293 e. The molecule has 0 aromatic heterocycles. The van der Waals surface area contributed by atoms with Gasteiger partial charge in [0.25, 0.3) is 0 Å². The maximum Gasteiger partial charge on any atom is 0.174 e. The van der Waals surface area contributed by atoms with Crippen molar-refractivity contribution in [1.29, 1.82) is 0 Å². The van der Waals surface area contributed by atoms with E-state index in [0.717, 1.165) is 17.8 Å². The Morgan fingerprint density at radius 1 is 1.16 bits per heavy atom. The van der Waals surface area contributed by atoms with Crippen LogP contribution in [-0.2, 0) is 0 Å². The minimum atomic E-state index is -0.524. The SMILES string of the molecule is O=C(CSc1ccccc1F)c1cc(F)ccc1Cl. The number of rotatable bonds is 4. The number of hydrogen-bond acceptors (Lipinski definition) is 2. The van der Waals surface area contributed by atoms with Crippen LogP contribution in [-0.4, -0.2) is 11.5 Å². The van der Waals surface area contributed by atoms with Gasteiger partial charge in [-0.05, 0) is 30.3 Å². The van der Waals surface area contributed by atoms with Crippen molar-refractivity contribution in [2.45, 2.75) is 4.90 Å². The maximum absolute atomic E-state index is 13.4. The minimum Gasteiger partial charge on any atom is -0.293 e. The zero-order chi connectivity index (χ0) is 13.8. The van der Waals surface area contributed by atoms with Gasteiger partial charge in [0.2, 0.25) is 0 Å². The molecule has 5 heteroatoms. The highest BCUT2D eigenvalue weighted by atomic mass is 35.5. The van der Waals surface area contributed by atoms with Crippen molar-refractivity contribution in [2.24, 2.45) is 0 Å². The number of halogens is 3. The molecular formula is C14H9ClF2OS. The van der Waals surface area contributed by atoms with Gasteiger partial charge in [0.1, 0.15) is 11.6 Å². The first-order valence-corrected chi connectivity index (χ1v) is 6.80. The van der Waals surface area contributed by atoms with Crippen LogP contribution in [0.25, 0.3) is 0 Å². The Balaban J connectivity index is 2.10. The molecular weight excluding hydrogens is 290 g/mol. The van der Waals surface area contributed by atoms with Crippen LogP contribution in [0.15, 0.2) is 47.4 Å². The Hall–Kier alpha value is -1.39. The summed E-state index contributed by atoms with van der Waals surface area (Å²) < 4.78 is 26.4. The Morgan fingerprint density at radius 3 is 2.63 bits per heavy atom. The molecule has 0 saturated carbocycles. The van der Waals surface area contributed by atoms with Gasteiger partial charge in [-0.15, -0.1) is 11.8 Å². The van der Waals surface area contributed by atoms with Gasteiger partial charge in [-0.1, -0.05) is 23.7 Å². The summed E-state index contributed by atoms with van der Waals surface area (Å²) in [6.45, 7) is 0. The lowest BCUT2D eigenvalue weighted by atomic mass is 10.1. The Labute approximate surface area is 118 Å². The van der Waals surface area contributed by atoms with Crippen molar-refractivity contribution in [2.75, 3.05) is 5.75 Å². The molecule has 98 valence electrons. The molecule has 1 nitrogen and oxygen atoms in total. The fourth-order valence-corrected chi connectivity index (χ4v) is 2.54. The molecule has 0 radical (unpaired) electrons. The van der Waals surface area contributed by atoms with E-state index in [2.05, 4.69) is 0 Å². The zero-order valence-corrected chi connectivity index (χ0v) is 11.3. The van der Waals surface area contributed by atoms with E-state index in [9.17, 15) is 13.6 Å². The molecule has 0 aliphatic rings. The third-order valence-corrected chi connectivity index (χ3v) is 3.80. The van der Waals surface area contributed by atoms with Gasteiger partial charge in [0.05, 0.1) is 10.8 Å². The van der Waals surface area contributed by atoms with Crippen molar-refractivity contribution in [1.82, 2.24) is 0 Å². The van der Waals surface area contributed by atoms with Gasteiger partial charge in [-0.2, -0.15) is 0 Å². The molecule has 2 aromatic carbocycles. The second-order valence-corrected chi connectivity index (χ2v) is 5.19. The van der Waals surface area contributed by atoms with Gasteiger partial charge in [-0.25, -0.2) is 8.78 Å². The topological polar surface area (TPSA) is 17.1 Å². The molecule has 0 bridgehead atoms. The van der Waals surface area contributed by atoms with E-state index in [-0.39, 0.29) is 27.9 Å². The van der Waals surface area contributed by atoms with Crippen molar-refractivity contribution >= 4 is 29.1 Å². The Bertz CT molecular complexity index is 616. The third-order valence-electron chi connectivity index (χ3n) is 2.42. The number of thioether (sulfide) groups is 1. The Kier molecular flexibility index (Phi) is 4.56. The van der Waals surface area contributed by atoms with Crippen LogP contribution in [0.5, 0.6) is 0 Å². The molecule has 0 aliphatic carbocycles. The number of Topliss-reactive ketones (excluding diaryl/α,β-unsaturated/α-hetero) is 1. The molecule has 0 N–H and O–H groups in total. The summed E-state index contributed by atoms with van der Waals surface area (Å²) >= 11 is 6.89. The highest BCUT2D eigenvalue weighted by molar-refractivity contribution is 8.00. The van der Waals surface area contributed by atoms with Crippen molar-refractivity contribution < 1.29 is 13.6 Å². The Morgan fingerprint density at radius 2 is 1.89 bits per heavy atom. The van der Waals surface area contributed by atoms with Crippen LogP contribution in [0.2, 0.25) is 5.02 Å². The predicted octanol–water partition coefficient (Wildman–Crippen LogP) is 4.59. The van der Waals surface area contributed by atoms with Crippen LogP contribution in [0, 0.1) is 11.6 Å². The molecule has 0 atom stereocenters. The van der Waals surface area contributed by atoms with E-state index in [1.165, 1.54) is 18.2 Å². The molecule has 0 fully saturated rings. The van der Waals surface area contributed by atoms with Crippen LogP contribution in [0.3, 0.4) is 0 Å². The maximum atomic E-state index is 13.4. The first-order valence-electron chi connectivity index (χ1n) is 5.43. The van der Waals surface area contributed by atoms with Crippen LogP contribution < -0.4 is 0 Å². The van der Waals surface area contributed by atoms with E-state index in [4.69, 9.17) is 11.6 Å². The van der Waals surface area contributed by atoms with Crippen molar-refractivity contribution in [3.8, 4) is 0 Å². The van der Waals surface area contributed by atoms with Crippen molar-refractivity contribution in [3.63, 3.8) is 0 Å². The zero-order valence-electron chi connectivity index (χ0n) is 9.70. The highest BCUT2D eigenvalue weighted by Gasteiger charge is 2.13. The number of carbonyl (C=O) groups excluding carboxylic acids is 1. The van der Waals surface area contributed by atoms with E-state index in [1.54, 1.807) is 18.2 Å². The fourth-order valence-electron chi connectivity index (χ4n) is 1.49. The second kappa shape index (κ2) is 6.17. The predicted molar refractivity (Wildman–Crippen MR) is 72.9 cm³/mol. The van der Waals surface area contributed by atoms with Gasteiger partial charge in [-0.3, -0.25) is 4.79 Å². The summed E-state index contributed by atoms with van der Waals surface area (Å²) in [4.78, 5) is 12.3. The van der Waals surface area contributed by atoms with Gasteiger partial charge in [0.15, 0.2) is 5.78 Å². The summed E-state index contributed by atoms with van der Waals surface area (Å²) in [5.41, 5.74) is 0.116. The van der Waals surface area contributed by atoms with Crippen LogP contribution >= 0.6 is 23.4 Å². The molecule has 0 amide bonds. The molecule has 2 rings (SSSR count). The molecule has 0 unspecified atom stereocenters. The summed E-state index contributed by atoms with van der Waals surface area (Å²) in [6.07, 6.45) is 0. The summed E-state index contributed by atoms with van der Waals surface area (Å²) in [6, 6.07) is 9.77. The van der Waals surface area contributed by atoms with Gasteiger partial charge < -0.3 is 0 Å². The van der Waals surface area contributed by atoms with Crippen LogP contribution in [0.1, 0.15) is 10.4 Å². The van der Waals surface area contributed by atoms with Gasteiger partial charge >= 0.3 is 0 Å². The lowest BCUT2D eigenvalue weighted by Gasteiger charge is -2.04. The standard InChI is InChI=1S/C14H9ClF2OS/c15-11-6-5-9(16)7-10(11)13(18)8-19-14-4-2-1-3-12(14)17/h1-7H,8H2. The first kappa shape index (κ1) is 14.0. The normalized spacial score (nSPS) is 10.5. The smallest absolute Gasteiger partial charge is 0.174 e. The first-order chi connectivity index (χ1) is 9.08. The molecule has 2 aromatic rings. The summed E-state index contributed by atoms with van der Waals surface area (Å²) in [5.74, 6) is -1.24.